The second-order valence-corrected chi connectivity index (χ2v) is 3.21. The minimum Gasteiger partial charge on any atom is -0.465 e. The highest BCUT2D eigenvalue weighted by Crippen LogP contribution is 2.00. The lowest BCUT2D eigenvalue weighted by molar-refractivity contribution is -0.143. The molecule has 0 saturated heterocycles. The highest BCUT2D eigenvalue weighted by Gasteiger charge is 2.15. The summed E-state index contributed by atoms with van der Waals surface area (Å²) in [5.41, 5.74) is 0.921. The van der Waals surface area contributed by atoms with Gasteiger partial charge in [0.15, 0.2) is 5.92 Å². The number of nitrogens with zero attached hydrogens (tertiary/aromatic N) is 3. The predicted octanol–water partition coefficient (Wildman–Crippen LogP) is 1.36. The number of ether oxygens (including phenoxy) is 1. The Kier molecular flexibility index (Phi) is 5.38. The monoisotopic (exact) mass is 231 g/mol. The average molecular weight is 231 g/mol. The first kappa shape index (κ1) is 12.8. The van der Waals surface area contributed by atoms with Crippen LogP contribution < -0.4 is 0 Å². The van der Waals surface area contributed by atoms with E-state index in [0.29, 0.717) is 6.54 Å². The fourth-order valence-electron chi connectivity index (χ4n) is 1.13. The van der Waals surface area contributed by atoms with E-state index in [9.17, 15) is 4.79 Å². The van der Waals surface area contributed by atoms with Crippen molar-refractivity contribution in [2.24, 2.45) is 10.9 Å². The molecular weight excluding hydrogens is 218 g/mol. The van der Waals surface area contributed by atoms with Gasteiger partial charge >= 0.3 is 5.97 Å². The molecule has 0 amide bonds. The number of aliphatic imine (C=N–C) groups is 1. The predicted molar refractivity (Wildman–Crippen MR) is 62.2 cm³/mol. The maximum absolute atomic E-state index is 11.3. The summed E-state index contributed by atoms with van der Waals surface area (Å²) in [4.78, 5) is 19.2. The number of carbonyl (C=O) groups is 1. The normalized spacial score (nSPS) is 12.0. The molecule has 0 unspecified atom stereocenters. The second-order valence-electron chi connectivity index (χ2n) is 3.21. The molecule has 1 atom stereocenters. The molecule has 0 spiro atoms. The number of aromatic nitrogens is 1. The summed E-state index contributed by atoms with van der Waals surface area (Å²) >= 11 is 0. The standard InChI is InChI=1S/C12H13N3O2/c1-2-17-12(16)11(6-13)9-15-8-10-4-3-5-14-7-10/h3-5,7,9,11H,2,8H2,1H3/t11-/m1/s1. The van der Waals surface area contributed by atoms with Gasteiger partial charge in [0.25, 0.3) is 0 Å². The van der Waals surface area contributed by atoms with Gasteiger partial charge in [0.05, 0.1) is 19.2 Å². The van der Waals surface area contributed by atoms with Crippen molar-refractivity contribution < 1.29 is 9.53 Å². The number of esters is 1. The van der Waals surface area contributed by atoms with Gasteiger partial charge in [-0.25, -0.2) is 0 Å². The third kappa shape index (κ3) is 4.43. The quantitative estimate of drug-likeness (QED) is 0.566. The zero-order chi connectivity index (χ0) is 12.5. The van der Waals surface area contributed by atoms with Crippen LogP contribution in [0.15, 0.2) is 29.5 Å². The molecule has 0 N–H and O–H groups in total. The minimum absolute atomic E-state index is 0.257. The van der Waals surface area contributed by atoms with Crippen LogP contribution in [-0.2, 0) is 16.1 Å². The fraction of sp³-hybridized carbons (Fsp3) is 0.333. The SMILES string of the molecule is CCOC(=O)[C@H](C#N)C=NCc1cccnc1. The molecule has 0 aliphatic carbocycles. The van der Waals surface area contributed by atoms with Gasteiger partial charge in [-0.1, -0.05) is 6.07 Å². The molecule has 0 fully saturated rings. The first-order chi connectivity index (χ1) is 8.27. The highest BCUT2D eigenvalue weighted by molar-refractivity contribution is 5.92. The molecule has 17 heavy (non-hydrogen) atoms. The number of hydrogen-bond acceptors (Lipinski definition) is 5. The van der Waals surface area contributed by atoms with Crippen LogP contribution in [0.5, 0.6) is 0 Å². The fourth-order valence-corrected chi connectivity index (χ4v) is 1.13. The first-order valence-electron chi connectivity index (χ1n) is 5.23. The van der Waals surface area contributed by atoms with Crippen molar-refractivity contribution in [3.05, 3.63) is 30.1 Å². The van der Waals surface area contributed by atoms with Gasteiger partial charge in [-0.15, -0.1) is 0 Å². The van der Waals surface area contributed by atoms with Gasteiger partial charge in [0.1, 0.15) is 0 Å². The molecule has 1 aromatic heterocycles. The Bertz CT molecular complexity index is 423. The Morgan fingerprint density at radius 3 is 3.18 bits per heavy atom. The smallest absolute Gasteiger partial charge is 0.328 e. The number of hydrogen-bond donors (Lipinski definition) is 0. The van der Waals surface area contributed by atoms with E-state index in [1.54, 1.807) is 25.4 Å². The molecule has 1 rings (SSSR count). The Balaban J connectivity index is 2.52. The lowest BCUT2D eigenvalue weighted by Crippen LogP contribution is -2.17. The van der Waals surface area contributed by atoms with Crippen LogP contribution in [0.1, 0.15) is 12.5 Å². The Labute approximate surface area is 99.8 Å². The zero-order valence-electron chi connectivity index (χ0n) is 9.54. The maximum atomic E-state index is 11.3. The van der Waals surface area contributed by atoms with E-state index < -0.39 is 11.9 Å². The lowest BCUT2D eigenvalue weighted by Gasteiger charge is -2.02. The second kappa shape index (κ2) is 7.12. The first-order valence-corrected chi connectivity index (χ1v) is 5.23. The molecule has 5 nitrogen and oxygen atoms in total. The van der Waals surface area contributed by atoms with Crippen molar-refractivity contribution in [3.63, 3.8) is 0 Å². The molecule has 0 saturated carbocycles. The van der Waals surface area contributed by atoms with Crippen molar-refractivity contribution in [2.75, 3.05) is 6.61 Å². The Morgan fingerprint density at radius 1 is 1.76 bits per heavy atom. The molecule has 0 bridgehead atoms. The van der Waals surface area contributed by atoms with Crippen LogP contribution in [0, 0.1) is 17.2 Å². The summed E-state index contributed by atoms with van der Waals surface area (Å²) in [7, 11) is 0. The largest absolute Gasteiger partial charge is 0.465 e. The van der Waals surface area contributed by atoms with Crippen molar-refractivity contribution in [3.8, 4) is 6.07 Å². The van der Waals surface area contributed by atoms with Gasteiger partial charge in [-0.2, -0.15) is 5.26 Å². The summed E-state index contributed by atoms with van der Waals surface area (Å²) in [5, 5.41) is 8.77. The summed E-state index contributed by atoms with van der Waals surface area (Å²) in [6, 6.07) is 5.51. The van der Waals surface area contributed by atoms with E-state index in [1.165, 1.54) is 6.21 Å². The maximum Gasteiger partial charge on any atom is 0.328 e. The number of rotatable bonds is 5. The molecule has 0 aromatic carbocycles. The third-order valence-electron chi connectivity index (χ3n) is 1.93. The van der Waals surface area contributed by atoms with Crippen molar-refractivity contribution in [1.82, 2.24) is 4.98 Å². The van der Waals surface area contributed by atoms with E-state index in [1.807, 2.05) is 12.1 Å². The molecular formula is C12H13N3O2. The number of nitriles is 1. The van der Waals surface area contributed by atoms with Gasteiger partial charge in [0, 0.05) is 18.6 Å². The van der Waals surface area contributed by atoms with Crippen molar-refractivity contribution in [2.45, 2.75) is 13.5 Å². The summed E-state index contributed by atoms with van der Waals surface area (Å²) in [5.74, 6) is -1.50. The zero-order valence-corrected chi connectivity index (χ0v) is 9.54. The van der Waals surface area contributed by atoms with Gasteiger partial charge in [0.2, 0.25) is 0 Å². The van der Waals surface area contributed by atoms with Gasteiger partial charge < -0.3 is 4.74 Å². The third-order valence-corrected chi connectivity index (χ3v) is 1.93. The van der Waals surface area contributed by atoms with Crippen LogP contribution in [-0.4, -0.2) is 23.8 Å². The lowest BCUT2D eigenvalue weighted by atomic mass is 10.2. The van der Waals surface area contributed by atoms with Gasteiger partial charge in [-0.05, 0) is 18.6 Å². The highest BCUT2D eigenvalue weighted by atomic mass is 16.5. The van der Waals surface area contributed by atoms with E-state index in [-0.39, 0.29) is 6.61 Å². The summed E-state index contributed by atoms with van der Waals surface area (Å²) in [6.45, 7) is 2.35. The molecule has 1 aromatic rings. The summed E-state index contributed by atoms with van der Waals surface area (Å²) in [6.07, 6.45) is 4.66. The Morgan fingerprint density at radius 2 is 2.59 bits per heavy atom. The van der Waals surface area contributed by atoms with Crippen molar-refractivity contribution >= 4 is 12.2 Å². The number of carbonyl (C=O) groups excluding carboxylic acids is 1. The summed E-state index contributed by atoms with van der Waals surface area (Å²) < 4.78 is 4.73. The average Bonchev–Trinajstić information content (AvgIpc) is 2.36. The van der Waals surface area contributed by atoms with Crippen LogP contribution in [0.2, 0.25) is 0 Å². The van der Waals surface area contributed by atoms with E-state index in [0.717, 1.165) is 5.56 Å². The molecule has 0 aliphatic rings. The van der Waals surface area contributed by atoms with Crippen molar-refractivity contribution in [1.29, 1.82) is 5.26 Å². The Hall–Kier alpha value is -2.22. The van der Waals surface area contributed by atoms with Crippen LogP contribution in [0.3, 0.4) is 0 Å². The van der Waals surface area contributed by atoms with Crippen LogP contribution in [0.25, 0.3) is 0 Å². The van der Waals surface area contributed by atoms with Crippen LogP contribution in [0.4, 0.5) is 0 Å². The number of pyridine rings is 1. The molecule has 0 radical (unpaired) electrons. The van der Waals surface area contributed by atoms with E-state index >= 15 is 0 Å². The van der Waals surface area contributed by atoms with E-state index in [2.05, 4.69) is 9.98 Å². The molecule has 0 aliphatic heterocycles. The molecule has 88 valence electrons. The molecule has 5 heteroatoms. The topological polar surface area (TPSA) is 75.3 Å². The van der Waals surface area contributed by atoms with Gasteiger partial charge in [-0.3, -0.25) is 14.8 Å². The minimum atomic E-state index is -0.938. The molecule has 1 heterocycles. The van der Waals surface area contributed by atoms with E-state index in [4.69, 9.17) is 10.00 Å². The van der Waals surface area contributed by atoms with Crippen LogP contribution >= 0.6 is 0 Å².